The number of nitrogens with zero attached hydrogens (tertiary/aromatic N) is 2. The summed E-state index contributed by atoms with van der Waals surface area (Å²) in [7, 11) is -3.79. The van der Waals surface area contributed by atoms with Crippen LogP contribution < -0.4 is 9.21 Å². The Morgan fingerprint density at radius 3 is 2.29 bits per heavy atom. The smallest absolute Gasteiger partial charge is 0.243 e. The third kappa shape index (κ3) is 5.08. The molecule has 0 saturated carbocycles. The van der Waals surface area contributed by atoms with Crippen molar-refractivity contribution >= 4 is 21.6 Å². The van der Waals surface area contributed by atoms with Crippen LogP contribution in [0.25, 0.3) is 0 Å². The van der Waals surface area contributed by atoms with Crippen LogP contribution in [0.4, 0.5) is 10.1 Å². The lowest BCUT2D eigenvalue weighted by Crippen LogP contribution is -3.13. The van der Waals surface area contributed by atoms with E-state index in [9.17, 15) is 17.6 Å². The molecule has 0 aromatic heterocycles. The zero-order chi connectivity index (χ0) is 20.1. The molecule has 1 fully saturated rings. The van der Waals surface area contributed by atoms with Crippen LogP contribution >= 0.6 is 0 Å². The normalized spacial score (nSPS) is 15.4. The minimum Gasteiger partial charge on any atom is -0.330 e. The highest BCUT2D eigenvalue weighted by Crippen LogP contribution is 2.21. The van der Waals surface area contributed by atoms with Crippen LogP contribution in [-0.4, -0.2) is 58.2 Å². The number of hydrogen-bond donors (Lipinski definition) is 1. The van der Waals surface area contributed by atoms with Crippen molar-refractivity contribution in [3.63, 3.8) is 0 Å². The molecule has 1 aliphatic heterocycles. The monoisotopic (exact) mass is 406 g/mol. The Hall–Kier alpha value is -2.45. The van der Waals surface area contributed by atoms with Crippen LogP contribution in [0.3, 0.4) is 0 Å². The number of halogens is 1. The molecule has 0 unspecified atom stereocenters. The van der Waals surface area contributed by atoms with Crippen molar-refractivity contribution in [1.29, 1.82) is 0 Å². The van der Waals surface area contributed by atoms with Gasteiger partial charge in [0.25, 0.3) is 0 Å². The van der Waals surface area contributed by atoms with Crippen molar-refractivity contribution in [2.75, 3.05) is 43.3 Å². The molecule has 0 bridgehead atoms. The predicted octanol–water partition coefficient (Wildman–Crippen LogP) is 0.519. The number of hydrogen-bond acceptors (Lipinski definition) is 3. The summed E-state index contributed by atoms with van der Waals surface area (Å²) < 4.78 is 39.2. The Morgan fingerprint density at radius 2 is 1.68 bits per heavy atom. The number of carbonyl (C=O) groups excluding carboxylic acids is 1. The van der Waals surface area contributed by atoms with Crippen LogP contribution in [0.5, 0.6) is 0 Å². The van der Waals surface area contributed by atoms with E-state index >= 15 is 0 Å². The third-order valence-electron chi connectivity index (χ3n) is 4.92. The van der Waals surface area contributed by atoms with Crippen LogP contribution in [0.1, 0.15) is 5.56 Å². The fourth-order valence-electron chi connectivity index (χ4n) is 3.39. The van der Waals surface area contributed by atoms with Gasteiger partial charge in [0.2, 0.25) is 15.9 Å². The Kier molecular flexibility index (Phi) is 6.31. The minimum absolute atomic E-state index is 0.105. The number of piperazine rings is 1. The van der Waals surface area contributed by atoms with Crippen molar-refractivity contribution in [3.05, 3.63) is 66.0 Å². The Morgan fingerprint density at radius 1 is 1.07 bits per heavy atom. The number of rotatable bonds is 6. The SMILES string of the molecule is CS(=O)(=O)N(CC(=O)N1CC[NH+](Cc2ccccc2)CC1)c1ccccc1F. The standard InChI is InChI=1S/C20H24FN3O3S/c1-28(26,27)24(19-10-6-5-9-18(19)21)16-20(25)23-13-11-22(12-14-23)15-17-7-3-2-4-8-17/h2-10H,11-16H2,1H3/p+1. The Bertz CT molecular complexity index is 913. The Balaban J connectivity index is 1.62. The van der Waals surface area contributed by atoms with Gasteiger partial charge in [-0.1, -0.05) is 42.5 Å². The van der Waals surface area contributed by atoms with Crippen molar-refractivity contribution in [3.8, 4) is 0 Å². The lowest BCUT2D eigenvalue weighted by Gasteiger charge is -2.33. The van der Waals surface area contributed by atoms with E-state index in [2.05, 4.69) is 12.1 Å². The molecular weight excluding hydrogens is 381 g/mol. The lowest BCUT2D eigenvalue weighted by atomic mass is 10.2. The van der Waals surface area contributed by atoms with Gasteiger partial charge in [-0.05, 0) is 12.1 Å². The number of sulfonamides is 1. The first-order valence-electron chi connectivity index (χ1n) is 9.22. The maximum Gasteiger partial charge on any atom is 0.243 e. The number of anilines is 1. The molecule has 1 N–H and O–H groups in total. The average molecular weight is 407 g/mol. The van der Waals surface area contributed by atoms with E-state index in [-0.39, 0.29) is 11.6 Å². The molecule has 28 heavy (non-hydrogen) atoms. The van der Waals surface area contributed by atoms with Crippen LogP contribution in [0, 0.1) is 5.82 Å². The van der Waals surface area contributed by atoms with Gasteiger partial charge < -0.3 is 9.80 Å². The number of quaternary nitrogens is 1. The number of para-hydroxylation sites is 1. The van der Waals surface area contributed by atoms with Crippen molar-refractivity contribution in [2.45, 2.75) is 6.54 Å². The molecule has 2 aromatic carbocycles. The van der Waals surface area contributed by atoms with E-state index in [1.54, 1.807) is 11.0 Å². The third-order valence-corrected chi connectivity index (χ3v) is 6.05. The zero-order valence-electron chi connectivity index (χ0n) is 15.8. The molecule has 2 aromatic rings. The van der Waals surface area contributed by atoms with E-state index in [0.29, 0.717) is 13.1 Å². The zero-order valence-corrected chi connectivity index (χ0v) is 16.7. The highest BCUT2D eigenvalue weighted by molar-refractivity contribution is 7.92. The van der Waals surface area contributed by atoms with Gasteiger partial charge in [-0.2, -0.15) is 0 Å². The number of nitrogens with one attached hydrogen (secondary N) is 1. The second-order valence-electron chi connectivity index (χ2n) is 7.01. The van der Waals surface area contributed by atoms with Crippen molar-refractivity contribution in [2.24, 2.45) is 0 Å². The van der Waals surface area contributed by atoms with Crippen LogP contribution in [0.15, 0.2) is 54.6 Å². The minimum atomic E-state index is -3.79. The number of amides is 1. The van der Waals surface area contributed by atoms with Crippen molar-refractivity contribution < 1.29 is 22.5 Å². The Labute approximate surface area is 165 Å². The molecule has 0 aliphatic carbocycles. The van der Waals surface area contributed by atoms with Gasteiger partial charge >= 0.3 is 0 Å². The fourth-order valence-corrected chi connectivity index (χ4v) is 4.24. The fraction of sp³-hybridized carbons (Fsp3) is 0.350. The van der Waals surface area contributed by atoms with Crippen molar-refractivity contribution in [1.82, 2.24) is 4.90 Å². The summed E-state index contributed by atoms with van der Waals surface area (Å²) in [4.78, 5) is 15.7. The highest BCUT2D eigenvalue weighted by atomic mass is 32.2. The second kappa shape index (κ2) is 8.70. The predicted molar refractivity (Wildman–Crippen MR) is 106 cm³/mol. The first-order valence-corrected chi connectivity index (χ1v) is 11.1. The van der Waals surface area contributed by atoms with Gasteiger partial charge in [-0.25, -0.2) is 12.8 Å². The molecule has 150 valence electrons. The molecule has 8 heteroatoms. The van der Waals surface area contributed by atoms with Crippen LogP contribution in [0.2, 0.25) is 0 Å². The summed E-state index contributed by atoms with van der Waals surface area (Å²) in [6.07, 6.45) is 0.981. The number of benzene rings is 2. The lowest BCUT2D eigenvalue weighted by molar-refractivity contribution is -0.917. The second-order valence-corrected chi connectivity index (χ2v) is 8.92. The van der Waals surface area contributed by atoms with Crippen LogP contribution in [-0.2, 0) is 21.4 Å². The molecule has 1 saturated heterocycles. The van der Waals surface area contributed by atoms with E-state index < -0.39 is 22.4 Å². The summed E-state index contributed by atoms with van der Waals surface area (Å²) in [5.74, 6) is -0.981. The maximum atomic E-state index is 14.1. The van der Waals surface area contributed by atoms with E-state index in [0.717, 1.165) is 30.2 Å². The van der Waals surface area contributed by atoms with E-state index in [4.69, 9.17) is 0 Å². The van der Waals surface area contributed by atoms with E-state index in [1.807, 2.05) is 18.2 Å². The molecule has 1 aliphatic rings. The highest BCUT2D eigenvalue weighted by Gasteiger charge is 2.29. The van der Waals surface area contributed by atoms with Gasteiger partial charge in [-0.15, -0.1) is 0 Å². The summed E-state index contributed by atoms with van der Waals surface area (Å²) >= 11 is 0. The quantitative estimate of drug-likeness (QED) is 0.761. The molecule has 1 heterocycles. The topological polar surface area (TPSA) is 62.1 Å². The number of carbonyl (C=O) groups is 1. The summed E-state index contributed by atoms with van der Waals surface area (Å²) in [5.41, 5.74) is 1.15. The first kappa shape index (κ1) is 20.3. The van der Waals surface area contributed by atoms with Gasteiger partial charge in [0.05, 0.1) is 38.1 Å². The molecule has 0 radical (unpaired) electrons. The maximum absolute atomic E-state index is 14.1. The summed E-state index contributed by atoms with van der Waals surface area (Å²) in [6, 6.07) is 15.8. The van der Waals surface area contributed by atoms with Gasteiger partial charge in [-0.3, -0.25) is 9.10 Å². The summed E-state index contributed by atoms with van der Waals surface area (Å²) in [6.45, 7) is 3.19. The van der Waals surface area contributed by atoms with Gasteiger partial charge in [0.1, 0.15) is 18.9 Å². The molecule has 0 atom stereocenters. The van der Waals surface area contributed by atoms with Gasteiger partial charge in [0, 0.05) is 5.56 Å². The van der Waals surface area contributed by atoms with Gasteiger partial charge in [0.15, 0.2) is 0 Å². The van der Waals surface area contributed by atoms with E-state index in [1.165, 1.54) is 28.7 Å². The molecule has 1 amide bonds. The summed E-state index contributed by atoms with van der Waals surface area (Å²) in [5, 5.41) is 0. The first-order chi connectivity index (χ1) is 13.3. The average Bonchev–Trinajstić information content (AvgIpc) is 2.67. The molecular formula is C20H25FN3O3S+. The molecule has 3 rings (SSSR count). The molecule has 0 spiro atoms. The largest absolute Gasteiger partial charge is 0.330 e. The molecule has 6 nitrogen and oxygen atoms in total.